The molecule has 0 aliphatic carbocycles. The van der Waals surface area contributed by atoms with Crippen molar-refractivity contribution in [3.63, 3.8) is 0 Å². The van der Waals surface area contributed by atoms with Crippen molar-refractivity contribution in [1.29, 1.82) is 5.26 Å². The number of aromatic hydroxyl groups is 2. The van der Waals surface area contributed by atoms with Crippen LogP contribution in [-0.4, -0.2) is 16.1 Å². The van der Waals surface area contributed by atoms with E-state index in [1.165, 1.54) is 36.4 Å². The molecule has 2 aromatic carbocycles. The molecule has 0 bridgehead atoms. The Bertz CT molecular complexity index is 777. The first kappa shape index (κ1) is 15.9. The summed E-state index contributed by atoms with van der Waals surface area (Å²) >= 11 is 1.96. The van der Waals surface area contributed by atoms with Crippen LogP contribution in [-0.2, 0) is 4.79 Å². The van der Waals surface area contributed by atoms with Crippen LogP contribution < -0.4 is 5.32 Å². The lowest BCUT2D eigenvalue weighted by Gasteiger charge is -2.05. The van der Waals surface area contributed by atoms with Crippen LogP contribution in [0.3, 0.4) is 0 Å². The van der Waals surface area contributed by atoms with Crippen LogP contribution in [0.25, 0.3) is 6.08 Å². The van der Waals surface area contributed by atoms with Crippen molar-refractivity contribution in [2.75, 3.05) is 5.32 Å². The molecule has 2 rings (SSSR count). The maximum absolute atomic E-state index is 12.1. The molecule has 110 valence electrons. The molecule has 1 amide bonds. The van der Waals surface area contributed by atoms with Crippen LogP contribution in [0.5, 0.6) is 11.5 Å². The molecule has 0 saturated carbocycles. The molecular formula is C16H11IN2O3. The predicted molar refractivity (Wildman–Crippen MR) is 91.2 cm³/mol. The zero-order valence-electron chi connectivity index (χ0n) is 11.2. The number of anilines is 1. The molecule has 0 aliphatic heterocycles. The second-order valence-corrected chi connectivity index (χ2v) is 5.54. The normalized spacial score (nSPS) is 10.8. The van der Waals surface area contributed by atoms with E-state index in [0.29, 0.717) is 14.8 Å². The van der Waals surface area contributed by atoms with Gasteiger partial charge < -0.3 is 15.5 Å². The average molecular weight is 406 g/mol. The molecule has 0 saturated heterocycles. The minimum absolute atomic E-state index is 0.0606. The summed E-state index contributed by atoms with van der Waals surface area (Å²) in [6.45, 7) is 0. The van der Waals surface area contributed by atoms with Crippen molar-refractivity contribution in [1.82, 2.24) is 0 Å². The van der Waals surface area contributed by atoms with E-state index in [1.54, 1.807) is 12.1 Å². The number of benzene rings is 2. The molecule has 5 nitrogen and oxygen atoms in total. The Morgan fingerprint density at radius 3 is 2.45 bits per heavy atom. The van der Waals surface area contributed by atoms with Crippen LogP contribution in [0.1, 0.15) is 5.56 Å². The summed E-state index contributed by atoms with van der Waals surface area (Å²) in [5.74, 6) is -0.311. The number of carbonyl (C=O) groups is 1. The fourth-order valence-corrected chi connectivity index (χ4v) is 2.21. The van der Waals surface area contributed by atoms with Gasteiger partial charge in [0, 0.05) is 5.69 Å². The highest BCUT2D eigenvalue weighted by atomic mass is 127. The number of nitrogens with one attached hydrogen (secondary N) is 1. The Morgan fingerprint density at radius 1 is 1.18 bits per heavy atom. The summed E-state index contributed by atoms with van der Waals surface area (Å²) in [4.78, 5) is 12.1. The van der Waals surface area contributed by atoms with Crippen molar-refractivity contribution in [3.05, 3.63) is 57.2 Å². The minimum Gasteiger partial charge on any atom is -0.508 e. The van der Waals surface area contributed by atoms with Crippen LogP contribution in [0.2, 0.25) is 0 Å². The quantitative estimate of drug-likeness (QED) is 0.316. The van der Waals surface area contributed by atoms with E-state index in [2.05, 4.69) is 5.32 Å². The highest BCUT2D eigenvalue weighted by Crippen LogP contribution is 2.22. The predicted octanol–water partition coefficient (Wildman–Crippen LogP) is 3.25. The summed E-state index contributed by atoms with van der Waals surface area (Å²) in [6.07, 6.45) is 1.44. The largest absolute Gasteiger partial charge is 0.508 e. The molecule has 0 aliphatic rings. The standard InChI is InChI=1S/C16H11IN2O3/c17-14-8-10(1-6-15(14)21)7-11(9-18)16(22)19-12-2-4-13(20)5-3-12/h1-8,20-21H,(H,19,22)/b11-7+. The third-order valence-electron chi connectivity index (χ3n) is 2.77. The lowest BCUT2D eigenvalue weighted by molar-refractivity contribution is -0.112. The number of hydrogen-bond acceptors (Lipinski definition) is 4. The van der Waals surface area contributed by atoms with Gasteiger partial charge in [0.15, 0.2) is 0 Å². The van der Waals surface area contributed by atoms with Gasteiger partial charge in [0.25, 0.3) is 5.91 Å². The first-order chi connectivity index (χ1) is 10.5. The highest BCUT2D eigenvalue weighted by molar-refractivity contribution is 14.1. The summed E-state index contributed by atoms with van der Waals surface area (Å²) in [7, 11) is 0. The van der Waals surface area contributed by atoms with Crippen molar-refractivity contribution >= 4 is 40.3 Å². The molecule has 0 unspecified atom stereocenters. The highest BCUT2D eigenvalue weighted by Gasteiger charge is 2.10. The molecule has 0 spiro atoms. The van der Waals surface area contributed by atoms with Gasteiger partial charge in [-0.2, -0.15) is 5.26 Å². The number of nitriles is 1. The van der Waals surface area contributed by atoms with Crippen LogP contribution >= 0.6 is 22.6 Å². The average Bonchev–Trinajstić information content (AvgIpc) is 2.50. The molecule has 2 aromatic rings. The molecule has 0 aromatic heterocycles. The molecule has 3 N–H and O–H groups in total. The van der Waals surface area contributed by atoms with Gasteiger partial charge in [-0.1, -0.05) is 6.07 Å². The number of nitrogens with zero attached hydrogens (tertiary/aromatic N) is 1. The summed E-state index contributed by atoms with van der Waals surface area (Å²) in [6, 6.07) is 12.6. The molecule has 0 radical (unpaired) electrons. The smallest absolute Gasteiger partial charge is 0.266 e. The Morgan fingerprint density at radius 2 is 1.86 bits per heavy atom. The van der Waals surface area contributed by atoms with Crippen molar-refractivity contribution in [2.24, 2.45) is 0 Å². The maximum Gasteiger partial charge on any atom is 0.266 e. The summed E-state index contributed by atoms with van der Waals surface area (Å²) < 4.78 is 0.627. The monoisotopic (exact) mass is 406 g/mol. The fraction of sp³-hybridized carbons (Fsp3) is 0. The Labute approximate surface area is 140 Å². The lowest BCUT2D eigenvalue weighted by atomic mass is 10.1. The van der Waals surface area contributed by atoms with Crippen LogP contribution in [0.4, 0.5) is 5.69 Å². The van der Waals surface area contributed by atoms with Crippen LogP contribution in [0.15, 0.2) is 48.0 Å². The van der Waals surface area contributed by atoms with E-state index in [9.17, 15) is 15.0 Å². The van der Waals surface area contributed by atoms with E-state index < -0.39 is 5.91 Å². The van der Waals surface area contributed by atoms with Gasteiger partial charge in [-0.15, -0.1) is 0 Å². The second kappa shape index (κ2) is 6.95. The minimum atomic E-state index is -0.545. The maximum atomic E-state index is 12.1. The van der Waals surface area contributed by atoms with Gasteiger partial charge in [-0.05, 0) is 70.6 Å². The van der Waals surface area contributed by atoms with Gasteiger partial charge in [0.2, 0.25) is 0 Å². The topological polar surface area (TPSA) is 93.3 Å². The van der Waals surface area contributed by atoms with E-state index in [1.807, 2.05) is 28.7 Å². The van der Waals surface area contributed by atoms with Crippen molar-refractivity contribution in [3.8, 4) is 17.6 Å². The number of halogens is 1. The Hall–Kier alpha value is -2.53. The van der Waals surface area contributed by atoms with Gasteiger partial charge in [-0.3, -0.25) is 4.79 Å². The number of hydrogen-bond donors (Lipinski definition) is 3. The van der Waals surface area contributed by atoms with Crippen LogP contribution in [0, 0.1) is 14.9 Å². The molecule has 0 heterocycles. The molecular weight excluding hydrogens is 395 g/mol. The van der Waals surface area contributed by atoms with Crippen molar-refractivity contribution < 1.29 is 15.0 Å². The first-order valence-electron chi connectivity index (χ1n) is 6.20. The van der Waals surface area contributed by atoms with Gasteiger partial charge in [-0.25, -0.2) is 0 Å². The van der Waals surface area contributed by atoms with Gasteiger partial charge in [0.1, 0.15) is 23.1 Å². The molecule has 0 fully saturated rings. The van der Waals surface area contributed by atoms with Crippen molar-refractivity contribution in [2.45, 2.75) is 0 Å². The number of amides is 1. The van der Waals surface area contributed by atoms with E-state index >= 15 is 0 Å². The Kier molecular flexibility index (Phi) is 5.01. The second-order valence-electron chi connectivity index (χ2n) is 4.38. The number of phenolic OH excluding ortho intramolecular Hbond substituents is 2. The van der Waals surface area contributed by atoms with Gasteiger partial charge >= 0.3 is 0 Å². The number of rotatable bonds is 3. The number of carbonyl (C=O) groups excluding carboxylic acids is 1. The zero-order valence-corrected chi connectivity index (χ0v) is 13.4. The molecule has 6 heteroatoms. The number of phenols is 2. The molecule has 0 atom stereocenters. The zero-order chi connectivity index (χ0) is 16.1. The summed E-state index contributed by atoms with van der Waals surface area (Å²) in [5, 5.41) is 30.4. The van der Waals surface area contributed by atoms with Gasteiger partial charge in [0.05, 0.1) is 3.57 Å². The fourth-order valence-electron chi connectivity index (χ4n) is 1.67. The SMILES string of the molecule is N#C/C(=C\c1ccc(O)c(I)c1)C(=O)Nc1ccc(O)cc1. The van der Waals surface area contributed by atoms with E-state index in [4.69, 9.17) is 5.26 Å². The molecule has 22 heavy (non-hydrogen) atoms. The third kappa shape index (κ3) is 3.99. The summed E-state index contributed by atoms with van der Waals surface area (Å²) in [5.41, 5.74) is 1.05. The third-order valence-corrected chi connectivity index (χ3v) is 3.64. The van der Waals surface area contributed by atoms with E-state index in [0.717, 1.165) is 0 Å². The van der Waals surface area contributed by atoms with E-state index in [-0.39, 0.29) is 17.1 Å². The Balaban J connectivity index is 2.21. The lowest BCUT2D eigenvalue weighted by Crippen LogP contribution is -2.13. The first-order valence-corrected chi connectivity index (χ1v) is 7.28.